The van der Waals surface area contributed by atoms with Gasteiger partial charge in [0.2, 0.25) is 0 Å². The van der Waals surface area contributed by atoms with Gasteiger partial charge in [-0.1, -0.05) is 60.7 Å². The minimum absolute atomic E-state index is 0.0457. The van der Waals surface area contributed by atoms with Crippen molar-refractivity contribution in [2.75, 3.05) is 13.2 Å². The fraction of sp³-hybridized carbons (Fsp3) is 0.500. The number of nitrogens with one attached hydrogen (secondary N) is 1. The van der Waals surface area contributed by atoms with Crippen LogP contribution < -0.4 is 5.32 Å². The van der Waals surface area contributed by atoms with Crippen LogP contribution in [0.1, 0.15) is 45.7 Å². The smallest absolute Gasteiger partial charge is 0.444 e. The molecule has 0 spiro atoms. The van der Waals surface area contributed by atoms with Crippen molar-refractivity contribution < 1.29 is 37.1 Å². The van der Waals surface area contributed by atoms with Gasteiger partial charge in [-0.3, -0.25) is 13.6 Å². The molecule has 1 saturated heterocycles. The summed E-state index contributed by atoms with van der Waals surface area (Å²) in [4.78, 5) is 12.1. The zero-order valence-electron chi connectivity index (χ0n) is 21.5. The molecule has 1 N–H and O–H groups in total. The maximum atomic E-state index is 13.6. The summed E-state index contributed by atoms with van der Waals surface area (Å²) in [6.45, 7) is 8.93. The molecule has 2 aromatic rings. The lowest BCUT2D eigenvalue weighted by atomic mass is 10.2. The number of carbonyl (C=O) groups excluding carboxylic acids is 1. The molecule has 1 aliphatic rings. The number of rotatable bonds is 11. The first kappa shape index (κ1) is 28.3. The van der Waals surface area contributed by atoms with Crippen LogP contribution >= 0.6 is 7.82 Å². The summed E-state index contributed by atoms with van der Waals surface area (Å²) < 4.78 is 47.8. The van der Waals surface area contributed by atoms with Crippen molar-refractivity contribution >= 4 is 13.9 Å². The van der Waals surface area contributed by atoms with Crippen LogP contribution in [0.2, 0.25) is 0 Å². The zero-order chi connectivity index (χ0) is 26.2. The Hall–Kier alpha value is -2.26. The Labute approximate surface area is 213 Å². The van der Waals surface area contributed by atoms with E-state index in [-0.39, 0.29) is 26.4 Å². The number of carbonyl (C=O) groups is 1. The number of hydrogen-bond donors (Lipinski definition) is 1. The molecule has 3 rings (SSSR count). The normalized spacial score (nSPS) is 19.7. The van der Waals surface area contributed by atoms with Gasteiger partial charge >= 0.3 is 13.9 Å². The summed E-state index contributed by atoms with van der Waals surface area (Å²) in [7, 11) is -3.98. The van der Waals surface area contributed by atoms with Gasteiger partial charge in [-0.05, 0) is 45.7 Å². The van der Waals surface area contributed by atoms with Gasteiger partial charge in [-0.15, -0.1) is 0 Å². The van der Waals surface area contributed by atoms with E-state index in [0.29, 0.717) is 0 Å². The topological polar surface area (TPSA) is 102 Å². The number of ether oxygens (including phenoxy) is 3. The second-order valence-corrected chi connectivity index (χ2v) is 11.5. The molecule has 0 radical (unpaired) electrons. The van der Waals surface area contributed by atoms with Crippen LogP contribution in [0.3, 0.4) is 0 Å². The molecule has 10 heteroatoms. The third-order valence-electron chi connectivity index (χ3n) is 4.99. The van der Waals surface area contributed by atoms with E-state index in [4.69, 9.17) is 27.8 Å². The van der Waals surface area contributed by atoms with Gasteiger partial charge in [0.05, 0.1) is 19.8 Å². The SMILES string of the molecule is CC(C)(C)OC(=O)NC[C@H]1OC(C)(C)O[C@@H]1COP(=O)(OCc1ccccc1)OCc1ccccc1. The number of phosphoric acid groups is 1. The first-order valence-electron chi connectivity index (χ1n) is 11.9. The second-order valence-electron chi connectivity index (χ2n) is 9.86. The average molecular weight is 522 g/mol. The highest BCUT2D eigenvalue weighted by Gasteiger charge is 2.43. The van der Waals surface area contributed by atoms with Gasteiger partial charge in [0.25, 0.3) is 0 Å². The van der Waals surface area contributed by atoms with E-state index in [9.17, 15) is 9.36 Å². The van der Waals surface area contributed by atoms with Gasteiger partial charge in [0.15, 0.2) is 5.79 Å². The molecule has 2 aromatic carbocycles. The van der Waals surface area contributed by atoms with Crippen molar-refractivity contribution in [2.24, 2.45) is 0 Å². The molecule has 198 valence electrons. The highest BCUT2D eigenvalue weighted by Crippen LogP contribution is 2.51. The van der Waals surface area contributed by atoms with Crippen molar-refractivity contribution in [3.63, 3.8) is 0 Å². The van der Waals surface area contributed by atoms with E-state index in [1.807, 2.05) is 60.7 Å². The van der Waals surface area contributed by atoms with Crippen LogP contribution in [-0.2, 0) is 45.6 Å². The first-order valence-corrected chi connectivity index (χ1v) is 13.3. The molecule has 1 aliphatic heterocycles. The number of benzene rings is 2. The molecular formula is C26H36NO8P. The maximum Gasteiger partial charge on any atom is 0.475 e. The van der Waals surface area contributed by atoms with Crippen LogP contribution in [0, 0.1) is 0 Å². The van der Waals surface area contributed by atoms with Gasteiger partial charge in [0.1, 0.15) is 17.8 Å². The molecule has 0 saturated carbocycles. The predicted octanol–water partition coefficient (Wildman–Crippen LogP) is 5.59. The van der Waals surface area contributed by atoms with E-state index >= 15 is 0 Å². The molecule has 0 bridgehead atoms. The minimum Gasteiger partial charge on any atom is -0.444 e. The van der Waals surface area contributed by atoms with Crippen molar-refractivity contribution in [3.8, 4) is 0 Å². The van der Waals surface area contributed by atoms with E-state index in [1.54, 1.807) is 34.6 Å². The Morgan fingerprint density at radius 3 is 1.89 bits per heavy atom. The van der Waals surface area contributed by atoms with E-state index in [1.165, 1.54) is 0 Å². The predicted molar refractivity (Wildman–Crippen MR) is 134 cm³/mol. The summed E-state index contributed by atoms with van der Waals surface area (Å²) in [5.41, 5.74) is 1.02. The Morgan fingerprint density at radius 1 is 0.889 bits per heavy atom. The quantitative estimate of drug-likeness (QED) is 0.382. The third-order valence-corrected chi connectivity index (χ3v) is 6.35. The first-order chi connectivity index (χ1) is 16.9. The Kier molecular flexibility index (Phi) is 9.69. The molecule has 9 nitrogen and oxygen atoms in total. The van der Waals surface area contributed by atoms with Crippen molar-refractivity contribution in [1.82, 2.24) is 5.32 Å². The molecular weight excluding hydrogens is 485 g/mol. The summed E-state index contributed by atoms with van der Waals surface area (Å²) in [5, 5.41) is 2.69. The van der Waals surface area contributed by atoms with Gasteiger partial charge < -0.3 is 19.5 Å². The summed E-state index contributed by atoms with van der Waals surface area (Å²) in [5.74, 6) is -0.923. The number of alkyl carbamates (subject to hydrolysis) is 1. The lowest BCUT2D eigenvalue weighted by Crippen LogP contribution is -2.41. The molecule has 0 unspecified atom stereocenters. The molecule has 0 aromatic heterocycles. The summed E-state index contributed by atoms with van der Waals surface area (Å²) in [6, 6.07) is 18.7. The van der Waals surface area contributed by atoms with E-state index in [0.717, 1.165) is 11.1 Å². The largest absolute Gasteiger partial charge is 0.475 e. The Bertz CT molecular complexity index is 962. The lowest BCUT2D eigenvalue weighted by Gasteiger charge is -2.23. The molecule has 1 amide bonds. The van der Waals surface area contributed by atoms with Crippen LogP contribution in [0.25, 0.3) is 0 Å². The summed E-state index contributed by atoms with van der Waals surface area (Å²) in [6.07, 6.45) is -1.77. The number of hydrogen-bond acceptors (Lipinski definition) is 8. The van der Waals surface area contributed by atoms with Gasteiger partial charge in [-0.2, -0.15) is 0 Å². The highest BCUT2D eigenvalue weighted by molar-refractivity contribution is 7.48. The van der Waals surface area contributed by atoms with Crippen molar-refractivity contribution in [2.45, 2.75) is 71.4 Å². The van der Waals surface area contributed by atoms with E-state index < -0.39 is 37.5 Å². The summed E-state index contributed by atoms with van der Waals surface area (Å²) >= 11 is 0. The van der Waals surface area contributed by atoms with Crippen LogP contribution in [-0.4, -0.2) is 42.8 Å². The van der Waals surface area contributed by atoms with E-state index in [2.05, 4.69) is 5.32 Å². The maximum absolute atomic E-state index is 13.6. The molecule has 1 fully saturated rings. The molecule has 36 heavy (non-hydrogen) atoms. The van der Waals surface area contributed by atoms with Crippen LogP contribution in [0.15, 0.2) is 60.7 Å². The Balaban J connectivity index is 1.64. The van der Waals surface area contributed by atoms with Gasteiger partial charge in [-0.25, -0.2) is 9.36 Å². The van der Waals surface area contributed by atoms with Crippen LogP contribution in [0.4, 0.5) is 4.79 Å². The molecule has 2 atom stereocenters. The third kappa shape index (κ3) is 9.65. The minimum atomic E-state index is -3.98. The van der Waals surface area contributed by atoms with Crippen molar-refractivity contribution in [1.29, 1.82) is 0 Å². The average Bonchev–Trinajstić information content (AvgIpc) is 3.13. The molecule has 0 aliphatic carbocycles. The fourth-order valence-electron chi connectivity index (χ4n) is 3.45. The molecule has 1 heterocycles. The lowest BCUT2D eigenvalue weighted by molar-refractivity contribution is -0.148. The number of amides is 1. The van der Waals surface area contributed by atoms with Crippen molar-refractivity contribution in [3.05, 3.63) is 71.8 Å². The zero-order valence-corrected chi connectivity index (χ0v) is 22.4. The highest BCUT2D eigenvalue weighted by atomic mass is 31.2. The standard InChI is InChI=1S/C26H36NO8P/c1-25(2,3)35-24(28)27-16-22-23(34-26(4,5)33-22)19-32-36(29,30-17-20-12-8-6-9-13-20)31-18-21-14-10-7-11-15-21/h6-15,22-23H,16-19H2,1-5H3,(H,27,28)/t22-,23-/m1/s1. The number of phosphoric ester groups is 1. The Morgan fingerprint density at radius 2 is 1.39 bits per heavy atom. The second kappa shape index (κ2) is 12.3. The fourth-order valence-corrected chi connectivity index (χ4v) is 4.62. The van der Waals surface area contributed by atoms with Gasteiger partial charge in [0, 0.05) is 6.54 Å². The van der Waals surface area contributed by atoms with Crippen LogP contribution in [0.5, 0.6) is 0 Å². The monoisotopic (exact) mass is 521 g/mol.